The van der Waals surface area contributed by atoms with Gasteiger partial charge in [0, 0.05) is 17.6 Å². The van der Waals surface area contributed by atoms with E-state index < -0.39 is 28.5 Å². The number of benzene rings is 3. The van der Waals surface area contributed by atoms with Crippen molar-refractivity contribution in [3.8, 4) is 0 Å². The molecule has 1 aliphatic carbocycles. The highest BCUT2D eigenvalue weighted by molar-refractivity contribution is 7.92. The first-order chi connectivity index (χ1) is 19.5. The average molecular weight is 596 g/mol. The minimum atomic E-state index is -4.11. The molecule has 218 valence electrons. The molecule has 7 nitrogen and oxygen atoms in total. The molecule has 41 heavy (non-hydrogen) atoms. The first-order valence-electron chi connectivity index (χ1n) is 14.0. The number of hydrogen-bond donors (Lipinski definition) is 1. The van der Waals surface area contributed by atoms with E-state index in [-0.39, 0.29) is 23.4 Å². The molecule has 0 saturated heterocycles. The molecule has 0 radical (unpaired) electrons. The molecule has 0 bridgehead atoms. The fraction of sp³-hybridized carbons (Fsp3) is 0.375. The van der Waals surface area contributed by atoms with Crippen molar-refractivity contribution < 1.29 is 18.0 Å². The Morgan fingerprint density at radius 2 is 1.63 bits per heavy atom. The molecule has 1 atom stereocenters. The van der Waals surface area contributed by atoms with Crippen LogP contribution in [0.4, 0.5) is 5.69 Å². The quantitative estimate of drug-likeness (QED) is 0.314. The molecule has 2 amide bonds. The van der Waals surface area contributed by atoms with Crippen molar-refractivity contribution in [1.29, 1.82) is 0 Å². The number of aryl methyl sites for hydroxylation is 3. The van der Waals surface area contributed by atoms with Crippen LogP contribution in [0.15, 0.2) is 71.6 Å². The number of halogens is 1. The van der Waals surface area contributed by atoms with Crippen LogP contribution in [0.5, 0.6) is 0 Å². The molecule has 0 heterocycles. The number of hydrogen-bond acceptors (Lipinski definition) is 4. The number of amides is 2. The second-order valence-electron chi connectivity index (χ2n) is 10.9. The summed E-state index contributed by atoms with van der Waals surface area (Å²) in [6, 6.07) is 18.2. The summed E-state index contributed by atoms with van der Waals surface area (Å²) in [5, 5.41) is 3.59. The molecule has 1 N–H and O–H groups in total. The summed E-state index contributed by atoms with van der Waals surface area (Å²) in [5.74, 6) is -0.751. The third-order valence-corrected chi connectivity index (χ3v) is 9.80. The average Bonchev–Trinajstić information content (AvgIpc) is 3.44. The molecule has 3 aromatic rings. The van der Waals surface area contributed by atoms with Crippen LogP contribution in [0.25, 0.3) is 0 Å². The Bertz CT molecular complexity index is 1500. The summed E-state index contributed by atoms with van der Waals surface area (Å²) in [7, 11) is -4.11. The summed E-state index contributed by atoms with van der Waals surface area (Å²) in [6.45, 7) is 7.04. The summed E-state index contributed by atoms with van der Waals surface area (Å²) in [4.78, 5) is 28.9. The Morgan fingerprint density at radius 3 is 2.27 bits per heavy atom. The van der Waals surface area contributed by atoms with Crippen molar-refractivity contribution >= 4 is 39.1 Å². The van der Waals surface area contributed by atoms with Gasteiger partial charge in [-0.25, -0.2) is 8.42 Å². The molecule has 0 spiro atoms. The summed E-state index contributed by atoms with van der Waals surface area (Å²) in [5.41, 5.74) is 3.96. The zero-order valence-corrected chi connectivity index (χ0v) is 25.6. The lowest BCUT2D eigenvalue weighted by Gasteiger charge is -2.32. The number of carbonyl (C=O) groups is 2. The molecule has 0 unspecified atom stereocenters. The molecule has 9 heteroatoms. The number of nitrogens with zero attached hydrogens (tertiary/aromatic N) is 2. The molecule has 1 aliphatic rings. The minimum absolute atomic E-state index is 0.0852. The maximum absolute atomic E-state index is 14.1. The van der Waals surface area contributed by atoms with Gasteiger partial charge >= 0.3 is 0 Å². The highest BCUT2D eigenvalue weighted by atomic mass is 35.5. The standard InChI is InChI=1S/C32H38ClN3O4S/c1-22-12-16-30(17-13-22)41(39,40)36(29-15-14-23(2)24(3)18-29)21-31(37)35(20-26-8-7-9-27(33)19-26)25(4)32(38)34-28-10-5-6-11-28/h7-9,12-19,25,28H,5-6,10-11,20-21H2,1-4H3,(H,34,38)/t25-/m1/s1. The molecule has 1 saturated carbocycles. The molecule has 3 aromatic carbocycles. The number of sulfonamides is 1. The summed E-state index contributed by atoms with van der Waals surface area (Å²) < 4.78 is 29.1. The van der Waals surface area contributed by atoms with E-state index in [2.05, 4.69) is 5.32 Å². The van der Waals surface area contributed by atoms with Crippen LogP contribution in [0.3, 0.4) is 0 Å². The van der Waals surface area contributed by atoms with Gasteiger partial charge in [-0.2, -0.15) is 0 Å². The maximum atomic E-state index is 14.1. The second kappa shape index (κ2) is 13.1. The molecular weight excluding hydrogens is 558 g/mol. The lowest BCUT2D eigenvalue weighted by atomic mass is 10.1. The van der Waals surface area contributed by atoms with E-state index in [4.69, 9.17) is 11.6 Å². The molecule has 0 aliphatic heterocycles. The van der Waals surface area contributed by atoms with Crippen molar-refractivity contribution in [2.45, 2.75) is 76.9 Å². The highest BCUT2D eigenvalue weighted by Crippen LogP contribution is 2.27. The van der Waals surface area contributed by atoms with Gasteiger partial charge in [-0.1, -0.05) is 60.3 Å². The molecule has 0 aromatic heterocycles. The largest absolute Gasteiger partial charge is 0.352 e. The highest BCUT2D eigenvalue weighted by Gasteiger charge is 2.33. The van der Waals surface area contributed by atoms with E-state index >= 15 is 0 Å². The van der Waals surface area contributed by atoms with E-state index in [0.717, 1.165) is 52.2 Å². The Hall–Kier alpha value is -3.36. The van der Waals surface area contributed by atoms with Crippen LogP contribution < -0.4 is 9.62 Å². The van der Waals surface area contributed by atoms with E-state index in [1.54, 1.807) is 61.5 Å². The lowest BCUT2D eigenvalue weighted by Crippen LogP contribution is -2.52. The third-order valence-electron chi connectivity index (χ3n) is 7.78. The smallest absolute Gasteiger partial charge is 0.264 e. The summed E-state index contributed by atoms with van der Waals surface area (Å²) in [6.07, 6.45) is 3.95. The van der Waals surface area contributed by atoms with E-state index in [0.29, 0.717) is 10.7 Å². The van der Waals surface area contributed by atoms with Crippen molar-refractivity contribution in [2.75, 3.05) is 10.8 Å². The Labute approximate surface area is 248 Å². The number of rotatable bonds is 10. The molecular formula is C32H38ClN3O4S. The van der Waals surface area contributed by atoms with Gasteiger partial charge in [-0.05, 0) is 93.6 Å². The van der Waals surface area contributed by atoms with Crippen LogP contribution in [0.2, 0.25) is 5.02 Å². The third kappa shape index (κ3) is 7.49. The monoisotopic (exact) mass is 595 g/mol. The van der Waals surface area contributed by atoms with Gasteiger partial charge in [0.15, 0.2) is 0 Å². The van der Waals surface area contributed by atoms with Crippen LogP contribution in [-0.4, -0.2) is 43.8 Å². The lowest BCUT2D eigenvalue weighted by molar-refractivity contribution is -0.139. The first-order valence-corrected chi connectivity index (χ1v) is 15.8. The second-order valence-corrected chi connectivity index (χ2v) is 13.2. The fourth-order valence-electron chi connectivity index (χ4n) is 5.05. The maximum Gasteiger partial charge on any atom is 0.264 e. The normalized spacial score (nSPS) is 14.5. The van der Waals surface area contributed by atoms with Gasteiger partial charge in [0.25, 0.3) is 10.0 Å². The first kappa shape index (κ1) is 30.6. The van der Waals surface area contributed by atoms with Crippen LogP contribution in [0.1, 0.15) is 54.9 Å². The summed E-state index contributed by atoms with van der Waals surface area (Å²) >= 11 is 6.22. The van der Waals surface area contributed by atoms with Crippen molar-refractivity contribution in [1.82, 2.24) is 10.2 Å². The van der Waals surface area contributed by atoms with Crippen LogP contribution in [0, 0.1) is 20.8 Å². The fourth-order valence-corrected chi connectivity index (χ4v) is 6.67. The zero-order chi connectivity index (χ0) is 29.7. The molecule has 1 fully saturated rings. The van der Waals surface area contributed by atoms with Crippen LogP contribution >= 0.6 is 11.6 Å². The van der Waals surface area contributed by atoms with Gasteiger partial charge in [-0.3, -0.25) is 13.9 Å². The van der Waals surface area contributed by atoms with Gasteiger partial charge in [0.1, 0.15) is 12.6 Å². The Morgan fingerprint density at radius 1 is 0.951 bits per heavy atom. The molecule has 4 rings (SSSR count). The number of nitrogens with one attached hydrogen (secondary N) is 1. The predicted octanol–water partition coefficient (Wildman–Crippen LogP) is 5.94. The van der Waals surface area contributed by atoms with E-state index in [1.165, 1.54) is 4.90 Å². The van der Waals surface area contributed by atoms with Gasteiger partial charge in [0.2, 0.25) is 11.8 Å². The Kier molecular flexibility index (Phi) is 9.76. The van der Waals surface area contributed by atoms with Crippen molar-refractivity contribution in [3.05, 3.63) is 94.0 Å². The van der Waals surface area contributed by atoms with Crippen molar-refractivity contribution in [3.63, 3.8) is 0 Å². The van der Waals surface area contributed by atoms with Crippen LogP contribution in [-0.2, 0) is 26.2 Å². The van der Waals surface area contributed by atoms with Gasteiger partial charge in [0.05, 0.1) is 10.6 Å². The number of anilines is 1. The van der Waals surface area contributed by atoms with E-state index in [1.807, 2.05) is 32.9 Å². The SMILES string of the molecule is Cc1ccc(S(=O)(=O)N(CC(=O)N(Cc2cccc(Cl)c2)[C@H](C)C(=O)NC2CCCC2)c2ccc(C)c(C)c2)cc1. The minimum Gasteiger partial charge on any atom is -0.352 e. The van der Waals surface area contributed by atoms with E-state index in [9.17, 15) is 18.0 Å². The number of carbonyl (C=O) groups excluding carboxylic acids is 2. The van der Waals surface area contributed by atoms with Gasteiger partial charge in [-0.15, -0.1) is 0 Å². The predicted molar refractivity (Wildman–Crippen MR) is 163 cm³/mol. The topological polar surface area (TPSA) is 86.8 Å². The van der Waals surface area contributed by atoms with Gasteiger partial charge < -0.3 is 10.2 Å². The Balaban J connectivity index is 1.70. The van der Waals surface area contributed by atoms with Crippen molar-refractivity contribution in [2.24, 2.45) is 0 Å². The zero-order valence-electron chi connectivity index (χ0n) is 24.1.